The van der Waals surface area contributed by atoms with Crippen LogP contribution in [0.2, 0.25) is 0 Å². The van der Waals surface area contributed by atoms with E-state index in [9.17, 15) is 14.7 Å². The zero-order chi connectivity index (χ0) is 24.2. The molecule has 0 saturated carbocycles. The summed E-state index contributed by atoms with van der Waals surface area (Å²) in [6.07, 6.45) is -0.699. The highest BCUT2D eigenvalue weighted by atomic mass is 16.6. The van der Waals surface area contributed by atoms with Gasteiger partial charge in [-0.1, -0.05) is 48.5 Å². The van der Waals surface area contributed by atoms with Gasteiger partial charge < -0.3 is 19.3 Å². The summed E-state index contributed by atoms with van der Waals surface area (Å²) in [5.74, 6) is -0.150. The molecular weight excluding hydrogens is 434 g/mol. The van der Waals surface area contributed by atoms with E-state index in [0.717, 1.165) is 22.3 Å². The van der Waals surface area contributed by atoms with Gasteiger partial charge in [-0.15, -0.1) is 0 Å². The Morgan fingerprint density at radius 2 is 1.56 bits per heavy atom. The van der Waals surface area contributed by atoms with Crippen molar-refractivity contribution in [3.63, 3.8) is 0 Å². The lowest BCUT2D eigenvalue weighted by molar-refractivity contribution is -0.142. The molecule has 3 aromatic carbocycles. The van der Waals surface area contributed by atoms with E-state index in [4.69, 9.17) is 14.2 Å². The molecule has 7 heteroatoms. The van der Waals surface area contributed by atoms with Gasteiger partial charge in [0.1, 0.15) is 24.1 Å². The smallest absolute Gasteiger partial charge is 0.410 e. The van der Waals surface area contributed by atoms with Crippen molar-refractivity contribution < 1.29 is 28.9 Å². The first-order valence-electron chi connectivity index (χ1n) is 11.0. The van der Waals surface area contributed by atoms with Gasteiger partial charge in [-0.05, 0) is 41.3 Å². The number of hydrogen-bond acceptors (Lipinski definition) is 5. The number of fused-ring (bicyclic) bond motifs is 3. The van der Waals surface area contributed by atoms with Crippen LogP contribution >= 0.6 is 0 Å². The van der Waals surface area contributed by atoms with E-state index in [2.05, 4.69) is 12.1 Å². The SMILES string of the molecule is COc1ccc(CN(C(=O)OCC2c3ccccc3-c3ccccc32)[C@@H](C)C(=O)O)c(OC)c1. The van der Waals surface area contributed by atoms with Gasteiger partial charge >= 0.3 is 12.1 Å². The number of ether oxygens (including phenoxy) is 3. The van der Waals surface area contributed by atoms with Crippen LogP contribution in [0.1, 0.15) is 29.5 Å². The third kappa shape index (κ3) is 4.41. The third-order valence-electron chi connectivity index (χ3n) is 6.23. The predicted octanol–water partition coefficient (Wildman–Crippen LogP) is 4.93. The predicted molar refractivity (Wildman–Crippen MR) is 127 cm³/mol. The Kier molecular flexibility index (Phi) is 6.72. The zero-order valence-electron chi connectivity index (χ0n) is 19.4. The van der Waals surface area contributed by atoms with Crippen LogP contribution in [-0.4, -0.2) is 48.9 Å². The zero-order valence-corrected chi connectivity index (χ0v) is 19.4. The summed E-state index contributed by atoms with van der Waals surface area (Å²) < 4.78 is 16.4. The normalized spacial score (nSPS) is 12.9. The van der Waals surface area contributed by atoms with E-state index in [-0.39, 0.29) is 19.1 Å². The monoisotopic (exact) mass is 461 g/mol. The maximum absolute atomic E-state index is 13.2. The minimum absolute atomic E-state index is 0.0112. The molecular formula is C27H27NO6. The molecule has 1 N–H and O–H groups in total. The number of benzene rings is 3. The standard InChI is InChI=1S/C27H27NO6/c1-17(26(29)30)28(15-18-12-13-19(32-2)14-25(18)33-3)27(31)34-16-24-22-10-6-4-8-20(22)21-9-5-7-11-23(21)24/h4-14,17,24H,15-16H2,1-3H3,(H,29,30)/t17-/m0/s1. The second kappa shape index (κ2) is 9.87. The second-order valence-corrected chi connectivity index (χ2v) is 8.12. The largest absolute Gasteiger partial charge is 0.497 e. The van der Waals surface area contributed by atoms with Crippen LogP contribution in [0.5, 0.6) is 11.5 Å². The van der Waals surface area contributed by atoms with Crippen molar-refractivity contribution in [2.45, 2.75) is 25.4 Å². The molecule has 1 aliphatic carbocycles. The lowest BCUT2D eigenvalue weighted by Crippen LogP contribution is -2.43. The van der Waals surface area contributed by atoms with Crippen LogP contribution in [0, 0.1) is 0 Å². The van der Waals surface area contributed by atoms with E-state index >= 15 is 0 Å². The summed E-state index contributed by atoms with van der Waals surface area (Å²) in [5.41, 5.74) is 5.07. The van der Waals surface area contributed by atoms with Gasteiger partial charge in [0.25, 0.3) is 0 Å². The first-order valence-corrected chi connectivity index (χ1v) is 11.0. The molecule has 1 amide bonds. The average molecular weight is 462 g/mol. The highest BCUT2D eigenvalue weighted by Gasteiger charge is 2.32. The fourth-order valence-corrected chi connectivity index (χ4v) is 4.34. The number of hydrogen-bond donors (Lipinski definition) is 1. The summed E-state index contributed by atoms with van der Waals surface area (Å²) in [7, 11) is 3.06. The molecule has 0 bridgehead atoms. The highest BCUT2D eigenvalue weighted by molar-refractivity contribution is 5.81. The molecule has 1 atom stereocenters. The molecule has 3 aromatic rings. The van der Waals surface area contributed by atoms with E-state index in [1.165, 1.54) is 18.9 Å². The number of aliphatic carboxylic acids is 1. The molecule has 1 aliphatic rings. The van der Waals surface area contributed by atoms with Gasteiger partial charge in [0.05, 0.1) is 20.8 Å². The van der Waals surface area contributed by atoms with E-state index in [0.29, 0.717) is 17.1 Å². The quantitative estimate of drug-likeness (QED) is 0.512. The highest BCUT2D eigenvalue weighted by Crippen LogP contribution is 2.44. The van der Waals surface area contributed by atoms with Crippen molar-refractivity contribution in [3.05, 3.63) is 83.4 Å². The van der Waals surface area contributed by atoms with Gasteiger partial charge in [-0.3, -0.25) is 4.90 Å². The number of carboxylic acids is 1. The fraction of sp³-hybridized carbons (Fsp3) is 0.259. The molecule has 0 radical (unpaired) electrons. The summed E-state index contributed by atoms with van der Waals surface area (Å²) in [6.45, 7) is 1.58. The Balaban J connectivity index is 1.56. The lowest BCUT2D eigenvalue weighted by Gasteiger charge is -2.27. The average Bonchev–Trinajstić information content (AvgIpc) is 3.19. The first kappa shape index (κ1) is 23.2. The Bertz CT molecular complexity index is 1160. The van der Waals surface area contributed by atoms with Crippen molar-refractivity contribution in [3.8, 4) is 22.6 Å². The van der Waals surface area contributed by atoms with Crippen LogP contribution in [0.4, 0.5) is 4.79 Å². The van der Waals surface area contributed by atoms with Gasteiger partial charge in [-0.25, -0.2) is 9.59 Å². The van der Waals surface area contributed by atoms with Crippen LogP contribution < -0.4 is 9.47 Å². The Hall–Kier alpha value is -4.00. The van der Waals surface area contributed by atoms with Gasteiger partial charge in [0.15, 0.2) is 0 Å². The number of amides is 1. The molecule has 0 aromatic heterocycles. The number of nitrogens with zero attached hydrogens (tertiary/aromatic N) is 1. The number of methoxy groups -OCH3 is 2. The van der Waals surface area contributed by atoms with Crippen molar-refractivity contribution in [2.24, 2.45) is 0 Å². The Labute approximate surface area is 198 Å². The van der Waals surface area contributed by atoms with E-state index < -0.39 is 18.1 Å². The van der Waals surface area contributed by atoms with Crippen molar-refractivity contribution in [1.29, 1.82) is 0 Å². The molecule has 0 saturated heterocycles. The van der Waals surface area contributed by atoms with Crippen LogP contribution in [0.15, 0.2) is 66.7 Å². The molecule has 176 valence electrons. The van der Waals surface area contributed by atoms with E-state index in [1.807, 2.05) is 36.4 Å². The van der Waals surface area contributed by atoms with Gasteiger partial charge in [-0.2, -0.15) is 0 Å². The minimum atomic E-state index is -1.12. The molecule has 0 spiro atoms. The van der Waals surface area contributed by atoms with E-state index in [1.54, 1.807) is 25.3 Å². The molecule has 0 aliphatic heterocycles. The molecule has 7 nitrogen and oxygen atoms in total. The molecule has 34 heavy (non-hydrogen) atoms. The number of carbonyl (C=O) groups excluding carboxylic acids is 1. The topological polar surface area (TPSA) is 85.3 Å². The van der Waals surface area contributed by atoms with Crippen molar-refractivity contribution in [2.75, 3.05) is 20.8 Å². The van der Waals surface area contributed by atoms with Crippen LogP contribution in [0.25, 0.3) is 11.1 Å². The molecule has 0 heterocycles. The third-order valence-corrected chi connectivity index (χ3v) is 6.23. The summed E-state index contributed by atoms with van der Waals surface area (Å²) in [6, 6.07) is 20.2. The summed E-state index contributed by atoms with van der Waals surface area (Å²) in [4.78, 5) is 26.1. The van der Waals surface area contributed by atoms with Gasteiger partial charge in [0, 0.05) is 17.5 Å². The van der Waals surface area contributed by atoms with Crippen molar-refractivity contribution >= 4 is 12.1 Å². The molecule has 0 unspecified atom stereocenters. The first-order chi connectivity index (χ1) is 16.4. The van der Waals surface area contributed by atoms with Crippen LogP contribution in [0.3, 0.4) is 0 Å². The van der Waals surface area contributed by atoms with Crippen LogP contribution in [-0.2, 0) is 16.1 Å². The summed E-state index contributed by atoms with van der Waals surface area (Å²) >= 11 is 0. The summed E-state index contributed by atoms with van der Waals surface area (Å²) in [5, 5.41) is 9.63. The number of rotatable bonds is 8. The number of carboxylic acid groups (broad SMARTS) is 1. The lowest BCUT2D eigenvalue weighted by atomic mass is 9.98. The maximum Gasteiger partial charge on any atom is 0.410 e. The Morgan fingerprint density at radius 1 is 0.941 bits per heavy atom. The minimum Gasteiger partial charge on any atom is -0.497 e. The number of carbonyl (C=O) groups is 2. The van der Waals surface area contributed by atoms with Crippen molar-refractivity contribution in [1.82, 2.24) is 4.90 Å². The maximum atomic E-state index is 13.2. The van der Waals surface area contributed by atoms with Gasteiger partial charge in [0.2, 0.25) is 0 Å². The second-order valence-electron chi connectivity index (χ2n) is 8.12. The Morgan fingerprint density at radius 3 is 2.12 bits per heavy atom. The molecule has 4 rings (SSSR count). The molecule has 0 fully saturated rings. The fourth-order valence-electron chi connectivity index (χ4n) is 4.34.